The average molecular weight is 1670 g/mol. The Morgan fingerprint density at radius 2 is 0.0667 bits per heavy atom. The standard InChI is InChI=1S/25ClH.20K/h25*1H;;;;;;;;;;;;;;;;;;;;/q;;;;;;;;;;;;;;;;;;;;;;;;;20*+1/p-20. The Bertz CT molecular complexity index is 44.6. The van der Waals surface area contributed by atoms with E-state index in [1.807, 2.05) is 0 Å². The van der Waals surface area contributed by atoms with E-state index in [0.717, 1.165) is 0 Å². The molecule has 0 rings (SSSR count). The Hall–Kier alpha value is 40.0. The van der Waals surface area contributed by atoms with Gasteiger partial charge >= 0.3 is 1030 Å². The molecular weight excluding hydrogens is 1670 g/mol. The van der Waals surface area contributed by atoms with Crippen LogP contribution in [0.5, 0.6) is 0 Å². The summed E-state index contributed by atoms with van der Waals surface area (Å²) in [5, 5.41) is 0. The molecule has 0 aliphatic rings. The summed E-state index contributed by atoms with van der Waals surface area (Å²) in [6.45, 7) is 0. The number of rotatable bonds is 0. The van der Waals surface area contributed by atoms with Gasteiger partial charge in [0.15, 0.2) is 0 Å². The minimum Gasteiger partial charge on any atom is -1.00 e. The molecule has 0 nitrogen and oxygen atoms in total. The molecule has 0 fully saturated rings. The molecule has 0 spiro atoms. The van der Waals surface area contributed by atoms with Crippen LogP contribution in [-0.2, 0) is 0 Å². The molecule has 0 aromatic carbocycles. The first kappa shape index (κ1) is 375. The summed E-state index contributed by atoms with van der Waals surface area (Å²) in [6, 6.07) is 0. The third-order valence-electron chi connectivity index (χ3n) is 0. The zero-order valence-corrected chi connectivity index (χ0v) is 111. The van der Waals surface area contributed by atoms with Gasteiger partial charge in [-0.15, -0.1) is 62.0 Å². The van der Waals surface area contributed by atoms with Crippen LogP contribution in [0.4, 0.5) is 0 Å². The zero-order chi connectivity index (χ0) is 0. The Morgan fingerprint density at radius 1 is 0.0667 bits per heavy atom. The molecule has 0 unspecified atom stereocenters. The van der Waals surface area contributed by atoms with E-state index in [-0.39, 0.29) is 1340 Å². The van der Waals surface area contributed by atoms with E-state index in [1.165, 1.54) is 0 Å². The maximum absolute atomic E-state index is 0. The second kappa shape index (κ2) is 362. The maximum Gasteiger partial charge on any atom is 1.00 e. The third kappa shape index (κ3) is 353. The zero-order valence-electron chi connectivity index (χ0n) is 29.6. The van der Waals surface area contributed by atoms with E-state index in [2.05, 4.69) is 0 Å². The first-order chi connectivity index (χ1) is 0. The summed E-state index contributed by atoms with van der Waals surface area (Å²) < 4.78 is 0. The van der Waals surface area contributed by atoms with Gasteiger partial charge in [0.05, 0.1) is 0 Å². The van der Waals surface area contributed by atoms with E-state index >= 15 is 0 Å². The van der Waals surface area contributed by atoms with Crippen LogP contribution in [0.15, 0.2) is 0 Å². The van der Waals surface area contributed by atoms with E-state index < -0.39 is 0 Å². The topological polar surface area (TPSA) is 0 Å². The predicted octanol–water partition coefficient (Wildman–Crippen LogP) is -118. The Labute approximate surface area is 1280 Å². The molecule has 0 aromatic heterocycles. The van der Waals surface area contributed by atoms with Crippen LogP contribution in [0.2, 0.25) is 0 Å². The van der Waals surface area contributed by atoms with Crippen LogP contribution >= 0.6 is 62.0 Å². The largest absolute Gasteiger partial charge is 1.00 e. The quantitative estimate of drug-likeness (QED) is 0.212. The van der Waals surface area contributed by atoms with Crippen molar-refractivity contribution < 1.29 is 1280 Å². The maximum atomic E-state index is 0. The smallest absolute Gasteiger partial charge is 1.00 e. The fourth-order valence-electron chi connectivity index (χ4n) is 0. The van der Waals surface area contributed by atoms with Crippen molar-refractivity contribution in [1.29, 1.82) is 0 Å². The molecule has 0 aliphatic heterocycles. The fourth-order valence-corrected chi connectivity index (χ4v) is 0. The van der Waals surface area contributed by atoms with E-state index in [0.29, 0.717) is 0 Å². The summed E-state index contributed by atoms with van der Waals surface area (Å²) in [6.07, 6.45) is 0. The van der Waals surface area contributed by atoms with Crippen molar-refractivity contribution in [3.63, 3.8) is 0 Å². The number of hydrogen-bond donors (Lipinski definition) is 0. The predicted molar refractivity (Wildman–Crippen MR) is 36.2 cm³/mol. The van der Waals surface area contributed by atoms with Crippen LogP contribution in [0.25, 0.3) is 0 Å². The molecule has 0 saturated carbocycles. The van der Waals surface area contributed by atoms with Gasteiger partial charge in [-0.2, -0.15) is 0 Å². The Balaban J connectivity index is 0. The van der Waals surface area contributed by atoms with E-state index in [4.69, 9.17) is 0 Å². The Kier molecular flexibility index (Phi) is 3010. The minimum atomic E-state index is 0. The van der Waals surface area contributed by atoms with Gasteiger partial charge in [-0.1, -0.05) is 0 Å². The fraction of sp³-hybridized carbons (Fsp3) is 0. The molecule has 45 heavy (non-hydrogen) atoms. The van der Waals surface area contributed by atoms with Gasteiger partial charge in [0.1, 0.15) is 0 Å². The second-order valence-corrected chi connectivity index (χ2v) is 0. The molecule has 0 atom stereocenters. The number of hydrogen-bond acceptors (Lipinski definition) is 0. The van der Waals surface area contributed by atoms with Crippen LogP contribution < -0.4 is 1280 Å². The number of halogens is 25. The van der Waals surface area contributed by atoms with Gasteiger partial charge < -0.3 is 248 Å². The van der Waals surface area contributed by atoms with Gasteiger partial charge in [-0.05, 0) is 0 Å². The van der Waals surface area contributed by atoms with Crippen molar-refractivity contribution >= 4 is 62.0 Å². The molecule has 200 valence electrons. The monoisotopic (exact) mass is 1660 g/mol. The normalized spacial score (nSPS) is 0. The third-order valence-corrected chi connectivity index (χ3v) is 0. The van der Waals surface area contributed by atoms with Gasteiger partial charge in [-0.25, -0.2) is 0 Å². The average Bonchev–Trinajstić information content (AvgIpc) is 0. The van der Waals surface area contributed by atoms with Crippen molar-refractivity contribution in [1.82, 2.24) is 0 Å². The molecule has 0 saturated heterocycles. The molecule has 45 heteroatoms. The van der Waals surface area contributed by atoms with Crippen LogP contribution in [-0.4, -0.2) is 0 Å². The molecule has 0 aromatic rings. The van der Waals surface area contributed by atoms with Crippen molar-refractivity contribution in [3.05, 3.63) is 0 Å². The first-order valence-corrected chi connectivity index (χ1v) is 0. The first-order valence-electron chi connectivity index (χ1n) is 0. The molecule has 0 radical (unpaired) electrons. The SMILES string of the molecule is Cl.Cl.Cl.Cl.Cl.[Cl-].[Cl-].[Cl-].[Cl-].[Cl-].[Cl-].[Cl-].[Cl-].[Cl-].[Cl-].[Cl-].[Cl-].[Cl-].[Cl-].[Cl-].[Cl-].[Cl-].[Cl-].[Cl-].[Cl-].[K+].[K+].[K+].[K+].[K+].[K+].[K+].[K+].[K+].[K+].[K+].[K+].[K+].[K+].[K+].[K+].[K+].[K+].[K+].[K+]. The summed E-state index contributed by atoms with van der Waals surface area (Å²) in [7, 11) is 0. The van der Waals surface area contributed by atoms with Gasteiger partial charge in [0.25, 0.3) is 0 Å². The van der Waals surface area contributed by atoms with E-state index in [9.17, 15) is 0 Å². The van der Waals surface area contributed by atoms with Crippen molar-refractivity contribution in [2.75, 3.05) is 0 Å². The van der Waals surface area contributed by atoms with Crippen LogP contribution in [0.3, 0.4) is 0 Å². The van der Waals surface area contributed by atoms with Crippen molar-refractivity contribution in [2.24, 2.45) is 0 Å². The summed E-state index contributed by atoms with van der Waals surface area (Å²) in [5.41, 5.74) is 0. The molecule has 0 heterocycles. The van der Waals surface area contributed by atoms with Crippen LogP contribution in [0.1, 0.15) is 0 Å². The van der Waals surface area contributed by atoms with Gasteiger partial charge in [0, 0.05) is 0 Å². The summed E-state index contributed by atoms with van der Waals surface area (Å²) in [4.78, 5) is 0. The van der Waals surface area contributed by atoms with Crippen molar-refractivity contribution in [3.8, 4) is 0 Å². The Morgan fingerprint density at radius 3 is 0.0667 bits per heavy atom. The summed E-state index contributed by atoms with van der Waals surface area (Å²) >= 11 is 0. The van der Waals surface area contributed by atoms with Crippen molar-refractivity contribution in [2.45, 2.75) is 0 Å². The second-order valence-electron chi connectivity index (χ2n) is 0. The van der Waals surface area contributed by atoms with Crippen LogP contribution in [0, 0.1) is 0 Å². The molecule has 0 aliphatic carbocycles. The minimum absolute atomic E-state index is 0. The molecule has 0 amide bonds. The summed E-state index contributed by atoms with van der Waals surface area (Å²) in [5.74, 6) is 0. The van der Waals surface area contributed by atoms with E-state index in [1.54, 1.807) is 0 Å². The van der Waals surface area contributed by atoms with Gasteiger partial charge in [-0.3, -0.25) is 0 Å². The molecule has 0 N–H and O–H groups in total. The molecular formula is H5Cl25K20. The van der Waals surface area contributed by atoms with Gasteiger partial charge in [0.2, 0.25) is 0 Å². The molecule has 0 bridgehead atoms.